The van der Waals surface area contributed by atoms with E-state index in [1.807, 2.05) is 30.3 Å². The number of nitrogens with one attached hydrogen (secondary N) is 1. The molecule has 1 atom stereocenters. The molecule has 2 aromatic carbocycles. The fourth-order valence-corrected chi connectivity index (χ4v) is 2.94. The van der Waals surface area contributed by atoms with Crippen LogP contribution >= 0.6 is 24.8 Å². The highest BCUT2D eigenvalue weighted by molar-refractivity contribution is 5.99. The van der Waals surface area contributed by atoms with E-state index in [2.05, 4.69) is 22.3 Å². The number of hydrogen-bond acceptors (Lipinski definition) is 3. The number of rotatable bonds is 3. The van der Waals surface area contributed by atoms with E-state index in [9.17, 15) is 4.79 Å². The maximum atomic E-state index is 12.4. The maximum Gasteiger partial charge on any atom is 0.253 e. The van der Waals surface area contributed by atoms with E-state index in [-0.39, 0.29) is 36.8 Å². The lowest BCUT2D eigenvalue weighted by molar-refractivity contribution is 0.0934. The molecule has 1 aliphatic heterocycles. The van der Waals surface area contributed by atoms with Gasteiger partial charge in [-0.1, -0.05) is 30.3 Å². The predicted molar refractivity (Wildman–Crippen MR) is 104 cm³/mol. The molecule has 2 aromatic rings. The summed E-state index contributed by atoms with van der Waals surface area (Å²) in [4.78, 5) is 14.7. The van der Waals surface area contributed by atoms with Gasteiger partial charge in [-0.2, -0.15) is 0 Å². The van der Waals surface area contributed by atoms with Gasteiger partial charge in [0.05, 0.1) is 5.56 Å². The quantitative estimate of drug-likeness (QED) is 0.816. The summed E-state index contributed by atoms with van der Waals surface area (Å²) >= 11 is 0. The summed E-state index contributed by atoms with van der Waals surface area (Å²) in [5, 5.41) is 3.12. The van der Waals surface area contributed by atoms with Gasteiger partial charge in [-0.25, -0.2) is 0 Å². The molecular weight excluding hydrogens is 345 g/mol. The van der Waals surface area contributed by atoms with Gasteiger partial charge < -0.3 is 16.0 Å². The minimum Gasteiger partial charge on any atom is -0.398 e. The number of carbonyl (C=O) groups excluding carboxylic acids is 1. The number of anilines is 2. The van der Waals surface area contributed by atoms with Crippen LogP contribution in [0.2, 0.25) is 0 Å². The van der Waals surface area contributed by atoms with Gasteiger partial charge in [0.1, 0.15) is 0 Å². The second kappa shape index (κ2) is 9.40. The largest absolute Gasteiger partial charge is 0.398 e. The topological polar surface area (TPSA) is 58.4 Å². The van der Waals surface area contributed by atoms with Gasteiger partial charge in [-0.3, -0.25) is 4.79 Å². The molecule has 4 nitrogen and oxygen atoms in total. The third-order valence-corrected chi connectivity index (χ3v) is 4.08. The van der Waals surface area contributed by atoms with Crippen LogP contribution in [0.1, 0.15) is 23.2 Å². The molecule has 1 unspecified atom stereocenters. The van der Waals surface area contributed by atoms with Gasteiger partial charge in [-0.05, 0) is 37.1 Å². The molecule has 0 aromatic heterocycles. The molecule has 0 spiro atoms. The Kier molecular flexibility index (Phi) is 7.89. The van der Waals surface area contributed by atoms with E-state index in [0.717, 1.165) is 25.9 Å². The summed E-state index contributed by atoms with van der Waals surface area (Å²) in [5.74, 6) is -0.0852. The molecule has 1 amide bonds. The van der Waals surface area contributed by atoms with E-state index < -0.39 is 0 Å². The van der Waals surface area contributed by atoms with Crippen LogP contribution in [0.4, 0.5) is 11.4 Å². The number of nitrogen functional groups attached to an aromatic ring is 1. The van der Waals surface area contributed by atoms with Gasteiger partial charge in [0, 0.05) is 30.5 Å². The average Bonchev–Trinajstić information content (AvgIpc) is 2.56. The van der Waals surface area contributed by atoms with E-state index in [1.165, 1.54) is 5.69 Å². The number of para-hydroxylation sites is 2. The lowest BCUT2D eigenvalue weighted by Crippen LogP contribution is -2.47. The van der Waals surface area contributed by atoms with Crippen molar-refractivity contribution in [1.82, 2.24) is 5.32 Å². The zero-order valence-electron chi connectivity index (χ0n) is 13.4. The van der Waals surface area contributed by atoms with Crippen LogP contribution in [0, 0.1) is 0 Å². The van der Waals surface area contributed by atoms with Crippen molar-refractivity contribution in [2.75, 3.05) is 23.7 Å². The van der Waals surface area contributed by atoms with Gasteiger partial charge >= 0.3 is 0 Å². The number of carbonyl (C=O) groups is 1. The summed E-state index contributed by atoms with van der Waals surface area (Å²) in [6.07, 6.45) is 2.08. The highest BCUT2D eigenvalue weighted by Gasteiger charge is 2.22. The first kappa shape index (κ1) is 20.1. The Morgan fingerprint density at radius 3 is 2.42 bits per heavy atom. The Morgan fingerprint density at radius 1 is 1.04 bits per heavy atom. The Labute approximate surface area is 155 Å². The zero-order valence-corrected chi connectivity index (χ0v) is 15.0. The molecule has 0 bridgehead atoms. The molecular formula is C18H23Cl2N3O. The monoisotopic (exact) mass is 367 g/mol. The molecule has 3 rings (SSSR count). The SMILES string of the molecule is Cl.Cl.Nc1ccccc1C(=O)NC1CCCN(c2ccccc2)C1. The molecule has 6 heteroatoms. The van der Waals surface area contributed by atoms with Crippen molar-refractivity contribution in [1.29, 1.82) is 0 Å². The van der Waals surface area contributed by atoms with Crippen LogP contribution in [-0.4, -0.2) is 25.0 Å². The minimum absolute atomic E-state index is 0. The second-order valence-electron chi connectivity index (χ2n) is 5.68. The number of nitrogens with two attached hydrogens (primary N) is 1. The highest BCUT2D eigenvalue weighted by Crippen LogP contribution is 2.20. The van der Waals surface area contributed by atoms with Crippen LogP contribution < -0.4 is 16.0 Å². The first-order chi connectivity index (χ1) is 10.7. The van der Waals surface area contributed by atoms with Crippen LogP contribution in [-0.2, 0) is 0 Å². The zero-order chi connectivity index (χ0) is 15.4. The summed E-state index contributed by atoms with van der Waals surface area (Å²) in [7, 11) is 0. The summed E-state index contributed by atoms with van der Waals surface area (Å²) < 4.78 is 0. The van der Waals surface area contributed by atoms with Gasteiger partial charge in [0.15, 0.2) is 0 Å². The first-order valence-corrected chi connectivity index (χ1v) is 7.69. The Morgan fingerprint density at radius 2 is 1.71 bits per heavy atom. The van der Waals surface area contributed by atoms with Crippen molar-refractivity contribution in [3.05, 3.63) is 60.2 Å². The van der Waals surface area contributed by atoms with Crippen molar-refractivity contribution < 1.29 is 4.79 Å². The van der Waals surface area contributed by atoms with Gasteiger partial charge in [0.25, 0.3) is 5.91 Å². The lowest BCUT2D eigenvalue weighted by Gasteiger charge is -2.34. The van der Waals surface area contributed by atoms with Crippen LogP contribution in [0.15, 0.2) is 54.6 Å². The fourth-order valence-electron chi connectivity index (χ4n) is 2.94. The Balaban J connectivity index is 0.00000144. The smallest absolute Gasteiger partial charge is 0.253 e. The average molecular weight is 368 g/mol. The molecule has 24 heavy (non-hydrogen) atoms. The van der Waals surface area contributed by atoms with E-state index >= 15 is 0 Å². The molecule has 1 saturated heterocycles. The molecule has 0 aliphatic carbocycles. The summed E-state index contributed by atoms with van der Waals surface area (Å²) in [5.41, 5.74) is 8.16. The van der Waals surface area contributed by atoms with E-state index in [0.29, 0.717) is 11.3 Å². The van der Waals surface area contributed by atoms with Gasteiger partial charge in [0.2, 0.25) is 0 Å². The Bertz CT molecular complexity index is 652. The number of hydrogen-bond donors (Lipinski definition) is 2. The van der Waals surface area contributed by atoms with Crippen molar-refractivity contribution in [3.63, 3.8) is 0 Å². The second-order valence-corrected chi connectivity index (χ2v) is 5.68. The number of amides is 1. The van der Waals surface area contributed by atoms with Gasteiger partial charge in [-0.15, -0.1) is 24.8 Å². The fraction of sp³-hybridized carbons (Fsp3) is 0.278. The number of piperidine rings is 1. The summed E-state index contributed by atoms with van der Waals surface area (Å²) in [6, 6.07) is 17.7. The van der Waals surface area contributed by atoms with Crippen molar-refractivity contribution in [3.8, 4) is 0 Å². The molecule has 0 radical (unpaired) electrons. The molecule has 1 aliphatic rings. The predicted octanol–water partition coefficient (Wildman–Crippen LogP) is 3.51. The Hall–Kier alpha value is -1.91. The standard InChI is InChI=1S/C18H21N3O.2ClH/c19-17-11-5-4-10-16(17)18(22)20-14-7-6-12-21(13-14)15-8-2-1-3-9-15;;/h1-5,8-11,14H,6-7,12-13,19H2,(H,20,22);2*1H. The van der Waals surface area contributed by atoms with Crippen LogP contribution in [0.3, 0.4) is 0 Å². The number of benzene rings is 2. The van der Waals surface area contributed by atoms with Crippen LogP contribution in [0.25, 0.3) is 0 Å². The molecule has 1 fully saturated rings. The molecule has 0 saturated carbocycles. The summed E-state index contributed by atoms with van der Waals surface area (Å²) in [6.45, 7) is 1.87. The van der Waals surface area contributed by atoms with E-state index in [4.69, 9.17) is 5.73 Å². The van der Waals surface area contributed by atoms with Crippen LogP contribution in [0.5, 0.6) is 0 Å². The highest BCUT2D eigenvalue weighted by atomic mass is 35.5. The molecule has 3 N–H and O–H groups in total. The van der Waals surface area contributed by atoms with E-state index in [1.54, 1.807) is 12.1 Å². The van der Waals surface area contributed by atoms with Crippen molar-refractivity contribution in [2.24, 2.45) is 0 Å². The number of halogens is 2. The normalized spacial score (nSPS) is 16.5. The third kappa shape index (κ3) is 4.79. The maximum absolute atomic E-state index is 12.4. The minimum atomic E-state index is -0.0852. The third-order valence-electron chi connectivity index (χ3n) is 4.08. The molecule has 1 heterocycles. The number of nitrogens with zero attached hydrogens (tertiary/aromatic N) is 1. The van der Waals surface area contributed by atoms with Crippen molar-refractivity contribution in [2.45, 2.75) is 18.9 Å². The van der Waals surface area contributed by atoms with Crippen molar-refractivity contribution >= 4 is 42.1 Å². The molecule has 130 valence electrons. The first-order valence-electron chi connectivity index (χ1n) is 7.69. The lowest BCUT2D eigenvalue weighted by atomic mass is 10.0.